The third kappa shape index (κ3) is 3.93. The molecule has 1 aliphatic carbocycles. The number of benzene rings is 1. The lowest BCUT2D eigenvalue weighted by Crippen LogP contribution is -2.37. The summed E-state index contributed by atoms with van der Waals surface area (Å²) in [7, 11) is 0. The Hall–Kier alpha value is -2.53. The molecular weight excluding hydrogens is 354 g/mol. The summed E-state index contributed by atoms with van der Waals surface area (Å²) in [5.41, 5.74) is 3.83. The Morgan fingerprint density at radius 2 is 1.85 bits per heavy atom. The fourth-order valence-corrected chi connectivity index (χ4v) is 5.23. The standard InChI is InChI=1S/C22H25N3OS/c1-16(24-22(26)23-15-17-9-3-2-4-10-17)20-18-11-5-6-12-19(18)27-21(20)25-13-7-8-14-25/h2-4,7-10,13-14,16H,5-6,11-12,15H2,1H3,(H2,23,24,26). The predicted octanol–water partition coefficient (Wildman–Crippen LogP) is 4.98. The van der Waals surface area contributed by atoms with Crippen molar-refractivity contribution in [1.82, 2.24) is 15.2 Å². The number of aromatic nitrogens is 1. The van der Waals surface area contributed by atoms with E-state index in [0.717, 1.165) is 18.4 Å². The lowest BCUT2D eigenvalue weighted by atomic mass is 9.93. The number of nitrogens with one attached hydrogen (secondary N) is 2. The van der Waals surface area contributed by atoms with Gasteiger partial charge in [-0.05, 0) is 55.9 Å². The van der Waals surface area contributed by atoms with E-state index in [4.69, 9.17) is 0 Å². The van der Waals surface area contributed by atoms with Crippen molar-refractivity contribution < 1.29 is 4.79 Å². The quantitative estimate of drug-likeness (QED) is 0.645. The number of carbonyl (C=O) groups is 1. The van der Waals surface area contributed by atoms with E-state index in [2.05, 4.69) is 34.5 Å². The van der Waals surface area contributed by atoms with Crippen LogP contribution in [0.3, 0.4) is 0 Å². The summed E-state index contributed by atoms with van der Waals surface area (Å²) in [5, 5.41) is 7.36. The van der Waals surface area contributed by atoms with Crippen LogP contribution in [-0.4, -0.2) is 10.6 Å². The Bertz CT molecular complexity index is 899. The first-order chi connectivity index (χ1) is 13.2. The largest absolute Gasteiger partial charge is 0.334 e. The van der Waals surface area contributed by atoms with Crippen LogP contribution in [0.4, 0.5) is 4.79 Å². The van der Waals surface area contributed by atoms with Crippen LogP contribution in [0.15, 0.2) is 54.9 Å². The number of amides is 2. The summed E-state index contributed by atoms with van der Waals surface area (Å²) in [5.74, 6) is 0. The highest BCUT2D eigenvalue weighted by atomic mass is 32.1. The lowest BCUT2D eigenvalue weighted by molar-refractivity contribution is 0.237. The zero-order valence-electron chi connectivity index (χ0n) is 15.6. The van der Waals surface area contributed by atoms with Crippen LogP contribution in [0, 0.1) is 0 Å². The van der Waals surface area contributed by atoms with E-state index >= 15 is 0 Å². The van der Waals surface area contributed by atoms with Gasteiger partial charge in [0.1, 0.15) is 5.00 Å². The summed E-state index contributed by atoms with van der Waals surface area (Å²) in [6.45, 7) is 2.62. The van der Waals surface area contributed by atoms with E-state index in [1.165, 1.54) is 33.8 Å². The zero-order chi connectivity index (χ0) is 18.6. The van der Waals surface area contributed by atoms with E-state index in [0.29, 0.717) is 6.54 Å². The average Bonchev–Trinajstić information content (AvgIpc) is 3.34. The second-order valence-electron chi connectivity index (χ2n) is 7.05. The molecule has 0 fully saturated rings. The minimum Gasteiger partial charge on any atom is -0.334 e. The number of nitrogens with zero attached hydrogens (tertiary/aromatic N) is 1. The summed E-state index contributed by atoms with van der Waals surface area (Å²) < 4.78 is 2.18. The van der Waals surface area contributed by atoms with Crippen molar-refractivity contribution in [2.75, 3.05) is 0 Å². The monoisotopic (exact) mass is 379 g/mol. The van der Waals surface area contributed by atoms with E-state index in [1.807, 2.05) is 53.8 Å². The van der Waals surface area contributed by atoms with Crippen molar-refractivity contribution in [2.45, 2.75) is 45.2 Å². The van der Waals surface area contributed by atoms with Crippen molar-refractivity contribution in [2.24, 2.45) is 0 Å². The van der Waals surface area contributed by atoms with Gasteiger partial charge < -0.3 is 15.2 Å². The van der Waals surface area contributed by atoms with Crippen molar-refractivity contribution in [3.8, 4) is 5.00 Å². The molecule has 0 saturated carbocycles. The molecule has 0 aliphatic heterocycles. The van der Waals surface area contributed by atoms with Gasteiger partial charge in [-0.1, -0.05) is 30.3 Å². The van der Waals surface area contributed by atoms with Gasteiger partial charge in [0.2, 0.25) is 0 Å². The molecule has 2 heterocycles. The van der Waals surface area contributed by atoms with Crippen LogP contribution in [0.25, 0.3) is 5.00 Å². The number of thiophene rings is 1. The van der Waals surface area contributed by atoms with Gasteiger partial charge >= 0.3 is 6.03 Å². The van der Waals surface area contributed by atoms with E-state index in [1.54, 1.807) is 0 Å². The second-order valence-corrected chi connectivity index (χ2v) is 8.14. The fraction of sp³-hybridized carbons (Fsp3) is 0.318. The molecule has 0 spiro atoms. The highest BCUT2D eigenvalue weighted by Gasteiger charge is 2.25. The van der Waals surface area contributed by atoms with Gasteiger partial charge in [-0.25, -0.2) is 4.79 Å². The molecule has 1 unspecified atom stereocenters. The minimum absolute atomic E-state index is 0.0312. The van der Waals surface area contributed by atoms with Gasteiger partial charge in [-0.15, -0.1) is 11.3 Å². The summed E-state index contributed by atoms with van der Waals surface area (Å²) in [4.78, 5) is 13.9. The van der Waals surface area contributed by atoms with Gasteiger partial charge in [0.05, 0.1) is 6.04 Å². The first-order valence-electron chi connectivity index (χ1n) is 9.58. The van der Waals surface area contributed by atoms with Gasteiger partial charge in [0, 0.05) is 29.4 Å². The molecule has 5 heteroatoms. The smallest absolute Gasteiger partial charge is 0.315 e. The molecule has 0 radical (unpaired) electrons. The molecule has 2 N–H and O–H groups in total. The van der Waals surface area contributed by atoms with Crippen LogP contribution in [0.5, 0.6) is 0 Å². The second kappa shape index (κ2) is 8.01. The maximum absolute atomic E-state index is 12.5. The Morgan fingerprint density at radius 3 is 2.63 bits per heavy atom. The van der Waals surface area contributed by atoms with E-state index in [-0.39, 0.29) is 12.1 Å². The lowest BCUT2D eigenvalue weighted by Gasteiger charge is -2.20. The number of carbonyl (C=O) groups excluding carboxylic acids is 1. The fourth-order valence-electron chi connectivity index (χ4n) is 3.78. The molecule has 0 saturated heterocycles. The van der Waals surface area contributed by atoms with Crippen molar-refractivity contribution in [3.05, 3.63) is 76.4 Å². The van der Waals surface area contributed by atoms with Crippen LogP contribution < -0.4 is 10.6 Å². The number of rotatable bonds is 5. The van der Waals surface area contributed by atoms with Crippen molar-refractivity contribution in [3.63, 3.8) is 0 Å². The summed E-state index contributed by atoms with van der Waals surface area (Å²) >= 11 is 1.88. The molecule has 2 amide bonds. The Balaban J connectivity index is 1.51. The topological polar surface area (TPSA) is 46.1 Å². The van der Waals surface area contributed by atoms with Crippen molar-refractivity contribution >= 4 is 17.4 Å². The molecule has 1 aromatic carbocycles. The van der Waals surface area contributed by atoms with Crippen LogP contribution in [-0.2, 0) is 19.4 Å². The maximum atomic E-state index is 12.5. The Kier molecular flexibility index (Phi) is 5.30. The number of hydrogen-bond acceptors (Lipinski definition) is 2. The van der Waals surface area contributed by atoms with Crippen LogP contribution >= 0.6 is 11.3 Å². The third-order valence-electron chi connectivity index (χ3n) is 5.11. The molecule has 0 bridgehead atoms. The van der Waals surface area contributed by atoms with E-state index < -0.39 is 0 Å². The number of aryl methyl sites for hydroxylation is 1. The summed E-state index contributed by atoms with van der Waals surface area (Å²) in [6, 6.07) is 13.9. The zero-order valence-corrected chi connectivity index (χ0v) is 16.4. The molecule has 140 valence electrons. The summed E-state index contributed by atoms with van der Waals surface area (Å²) in [6.07, 6.45) is 8.93. The molecule has 1 aliphatic rings. The minimum atomic E-state index is -0.124. The number of fused-ring (bicyclic) bond motifs is 1. The molecule has 4 rings (SSSR count). The highest BCUT2D eigenvalue weighted by molar-refractivity contribution is 7.15. The third-order valence-corrected chi connectivity index (χ3v) is 6.43. The molecule has 2 aromatic heterocycles. The first kappa shape index (κ1) is 17.9. The molecular formula is C22H25N3OS. The molecule has 27 heavy (non-hydrogen) atoms. The number of hydrogen-bond donors (Lipinski definition) is 2. The van der Waals surface area contributed by atoms with Gasteiger partial charge in [-0.2, -0.15) is 0 Å². The SMILES string of the molecule is CC(NC(=O)NCc1ccccc1)c1c(-n2cccc2)sc2c1CCCC2. The molecule has 3 aromatic rings. The van der Waals surface area contributed by atoms with Crippen LogP contribution in [0.1, 0.15) is 47.4 Å². The normalized spacial score (nSPS) is 14.4. The molecule has 4 nitrogen and oxygen atoms in total. The first-order valence-corrected chi connectivity index (χ1v) is 10.4. The Morgan fingerprint density at radius 1 is 1.11 bits per heavy atom. The van der Waals surface area contributed by atoms with Gasteiger partial charge in [-0.3, -0.25) is 0 Å². The maximum Gasteiger partial charge on any atom is 0.315 e. The van der Waals surface area contributed by atoms with Gasteiger partial charge in [0.15, 0.2) is 0 Å². The Labute approximate surface area is 164 Å². The predicted molar refractivity (Wildman–Crippen MR) is 111 cm³/mol. The number of urea groups is 1. The van der Waals surface area contributed by atoms with Gasteiger partial charge in [0.25, 0.3) is 0 Å². The van der Waals surface area contributed by atoms with Crippen molar-refractivity contribution in [1.29, 1.82) is 0 Å². The van der Waals surface area contributed by atoms with Crippen LogP contribution in [0.2, 0.25) is 0 Å². The molecule has 1 atom stereocenters. The average molecular weight is 380 g/mol. The van der Waals surface area contributed by atoms with E-state index in [9.17, 15) is 4.79 Å². The highest BCUT2D eigenvalue weighted by Crippen LogP contribution is 2.40.